The first-order valence-corrected chi connectivity index (χ1v) is 4.05. The molecule has 0 bridgehead atoms. The van der Waals surface area contributed by atoms with Gasteiger partial charge in [0.1, 0.15) is 0 Å². The summed E-state index contributed by atoms with van der Waals surface area (Å²) in [5.41, 5.74) is 0. The van der Waals surface area contributed by atoms with Crippen LogP contribution in [0.4, 0.5) is 0 Å². The maximum absolute atomic E-state index is 2.42. The van der Waals surface area contributed by atoms with Gasteiger partial charge < -0.3 is 0 Å². The third-order valence-electron chi connectivity index (χ3n) is 2.31. The lowest BCUT2D eigenvalue weighted by Gasteiger charge is -2.22. The van der Waals surface area contributed by atoms with Crippen molar-refractivity contribution in [1.82, 2.24) is 4.90 Å². The Balaban J connectivity index is 2.68. The summed E-state index contributed by atoms with van der Waals surface area (Å²) in [5.74, 6) is 1.42. The molecule has 0 atom stereocenters. The number of nitrogens with zero attached hydrogens (tertiary/aromatic N) is 2. The first kappa shape index (κ1) is 7.58. The normalized spacial score (nSPS) is 20.1. The van der Waals surface area contributed by atoms with Crippen LogP contribution in [0, 0.1) is 0 Å². The lowest BCUT2D eigenvalue weighted by atomic mass is 10.3. The highest BCUT2D eigenvalue weighted by molar-refractivity contribution is 5.74. The van der Waals surface area contributed by atoms with E-state index in [1.54, 1.807) is 0 Å². The van der Waals surface area contributed by atoms with E-state index in [1.165, 1.54) is 25.3 Å². The molecule has 1 aliphatic rings. The van der Waals surface area contributed by atoms with Crippen LogP contribution in [0.3, 0.4) is 0 Å². The Hall–Kier alpha value is -0.530. The second-order valence-electron chi connectivity index (χ2n) is 2.90. The third kappa shape index (κ3) is 1.31. The number of rotatable bonds is 1. The molecule has 1 heterocycles. The van der Waals surface area contributed by atoms with E-state index >= 15 is 0 Å². The molecule has 0 radical (unpaired) electrons. The monoisotopic (exact) mass is 141 g/mol. The van der Waals surface area contributed by atoms with Crippen molar-refractivity contribution in [3.63, 3.8) is 0 Å². The van der Waals surface area contributed by atoms with Crippen LogP contribution in [-0.4, -0.2) is 42.0 Å². The Bertz CT molecular complexity index is 149. The van der Waals surface area contributed by atoms with Crippen molar-refractivity contribution < 1.29 is 4.58 Å². The predicted molar refractivity (Wildman–Crippen MR) is 43.6 cm³/mol. The molecule has 1 rings (SSSR count). The van der Waals surface area contributed by atoms with Gasteiger partial charge in [0.05, 0.1) is 26.7 Å². The first-order valence-electron chi connectivity index (χ1n) is 4.05. The Morgan fingerprint density at radius 3 is 2.80 bits per heavy atom. The molecular formula is C8H17N2+. The molecule has 0 saturated heterocycles. The number of hydrogen-bond donors (Lipinski definition) is 0. The maximum Gasteiger partial charge on any atom is 0.243 e. The van der Waals surface area contributed by atoms with Crippen LogP contribution in [0.25, 0.3) is 0 Å². The zero-order valence-corrected chi connectivity index (χ0v) is 7.22. The SMILES string of the molecule is CCN1CCC[N+](C)=C1C. The number of hydrogen-bond acceptors (Lipinski definition) is 1. The van der Waals surface area contributed by atoms with E-state index in [0.29, 0.717) is 0 Å². The average molecular weight is 141 g/mol. The van der Waals surface area contributed by atoms with Crippen LogP contribution in [-0.2, 0) is 0 Å². The maximum atomic E-state index is 2.42. The molecule has 0 aliphatic carbocycles. The first-order chi connectivity index (χ1) is 4.75. The molecule has 0 aromatic heterocycles. The van der Waals surface area contributed by atoms with Gasteiger partial charge >= 0.3 is 0 Å². The van der Waals surface area contributed by atoms with Crippen molar-refractivity contribution in [1.29, 1.82) is 0 Å². The Morgan fingerprint density at radius 1 is 1.60 bits per heavy atom. The van der Waals surface area contributed by atoms with Gasteiger partial charge in [-0.15, -0.1) is 0 Å². The summed E-state index contributed by atoms with van der Waals surface area (Å²) in [6, 6.07) is 0. The highest BCUT2D eigenvalue weighted by atomic mass is 15.2. The van der Waals surface area contributed by atoms with Crippen molar-refractivity contribution in [2.75, 3.05) is 26.7 Å². The number of amidine groups is 1. The summed E-state index contributed by atoms with van der Waals surface area (Å²) in [5, 5.41) is 0. The van der Waals surface area contributed by atoms with E-state index in [4.69, 9.17) is 0 Å². The smallest absolute Gasteiger partial charge is 0.243 e. The van der Waals surface area contributed by atoms with Crippen molar-refractivity contribution in [2.24, 2.45) is 0 Å². The minimum Gasteiger partial charge on any atom is -0.269 e. The van der Waals surface area contributed by atoms with Gasteiger partial charge in [-0.2, -0.15) is 0 Å². The Labute approximate surface area is 63.2 Å². The molecule has 0 aromatic carbocycles. The van der Waals surface area contributed by atoms with Gasteiger partial charge in [-0.25, -0.2) is 0 Å². The lowest BCUT2D eigenvalue weighted by Crippen LogP contribution is -2.41. The summed E-state index contributed by atoms with van der Waals surface area (Å²) in [6.45, 7) is 8.02. The Kier molecular flexibility index (Phi) is 2.30. The largest absolute Gasteiger partial charge is 0.269 e. The van der Waals surface area contributed by atoms with E-state index in [0.717, 1.165) is 6.54 Å². The fraction of sp³-hybridized carbons (Fsp3) is 0.875. The average Bonchev–Trinajstić information content (AvgIpc) is 1.95. The molecule has 58 valence electrons. The lowest BCUT2D eigenvalue weighted by molar-refractivity contribution is -0.509. The summed E-state index contributed by atoms with van der Waals surface area (Å²) in [7, 11) is 2.16. The predicted octanol–water partition coefficient (Wildman–Crippen LogP) is 0.773. The van der Waals surface area contributed by atoms with E-state index < -0.39 is 0 Å². The quantitative estimate of drug-likeness (QED) is 0.489. The summed E-state index contributed by atoms with van der Waals surface area (Å²) in [4.78, 5) is 2.42. The fourth-order valence-electron chi connectivity index (χ4n) is 1.45. The van der Waals surface area contributed by atoms with Crippen LogP contribution in [0.5, 0.6) is 0 Å². The van der Waals surface area contributed by atoms with Crippen LogP contribution in [0.15, 0.2) is 0 Å². The summed E-state index contributed by atoms with van der Waals surface area (Å²) < 4.78 is 2.33. The minimum absolute atomic E-state index is 1.15. The zero-order chi connectivity index (χ0) is 7.56. The topological polar surface area (TPSA) is 6.25 Å². The van der Waals surface area contributed by atoms with Crippen molar-refractivity contribution >= 4 is 5.84 Å². The molecule has 2 nitrogen and oxygen atoms in total. The molecule has 10 heavy (non-hydrogen) atoms. The van der Waals surface area contributed by atoms with Crippen molar-refractivity contribution in [3.8, 4) is 0 Å². The molecule has 0 amide bonds. The van der Waals surface area contributed by atoms with E-state index in [9.17, 15) is 0 Å². The Morgan fingerprint density at radius 2 is 2.30 bits per heavy atom. The van der Waals surface area contributed by atoms with E-state index in [1.807, 2.05) is 0 Å². The van der Waals surface area contributed by atoms with Crippen molar-refractivity contribution in [2.45, 2.75) is 20.3 Å². The van der Waals surface area contributed by atoms with Gasteiger partial charge in [0.15, 0.2) is 0 Å². The van der Waals surface area contributed by atoms with Crippen molar-refractivity contribution in [3.05, 3.63) is 0 Å². The van der Waals surface area contributed by atoms with E-state index in [-0.39, 0.29) is 0 Å². The highest BCUT2D eigenvalue weighted by Crippen LogP contribution is 1.99. The van der Waals surface area contributed by atoms with Gasteiger partial charge in [0.25, 0.3) is 0 Å². The summed E-state index contributed by atoms with van der Waals surface area (Å²) in [6.07, 6.45) is 1.31. The second kappa shape index (κ2) is 3.04. The van der Waals surface area contributed by atoms with Crippen LogP contribution >= 0.6 is 0 Å². The second-order valence-corrected chi connectivity index (χ2v) is 2.90. The molecule has 0 N–H and O–H groups in total. The third-order valence-corrected chi connectivity index (χ3v) is 2.31. The zero-order valence-electron chi connectivity index (χ0n) is 7.22. The minimum atomic E-state index is 1.15. The summed E-state index contributed by atoms with van der Waals surface area (Å²) >= 11 is 0. The van der Waals surface area contributed by atoms with Gasteiger partial charge in [-0.1, -0.05) is 0 Å². The van der Waals surface area contributed by atoms with Gasteiger partial charge in [-0.05, 0) is 6.92 Å². The standard InChI is InChI=1S/C8H17N2/c1-4-10-7-5-6-9(3)8(10)2/h4-7H2,1-3H3/q+1. The van der Waals surface area contributed by atoms with E-state index in [2.05, 4.69) is 30.4 Å². The molecule has 0 unspecified atom stereocenters. The fourth-order valence-corrected chi connectivity index (χ4v) is 1.45. The van der Waals surface area contributed by atoms with Gasteiger partial charge in [-0.3, -0.25) is 9.48 Å². The molecule has 0 fully saturated rings. The molecule has 1 aliphatic heterocycles. The van der Waals surface area contributed by atoms with Crippen LogP contribution in [0.1, 0.15) is 20.3 Å². The molecular weight excluding hydrogens is 124 g/mol. The highest BCUT2D eigenvalue weighted by Gasteiger charge is 2.18. The van der Waals surface area contributed by atoms with Gasteiger partial charge in [0.2, 0.25) is 5.84 Å². The molecule has 0 spiro atoms. The molecule has 0 saturated carbocycles. The van der Waals surface area contributed by atoms with Crippen LogP contribution < -0.4 is 0 Å². The molecule has 2 heteroatoms. The molecule has 0 aromatic rings. The van der Waals surface area contributed by atoms with Gasteiger partial charge in [0, 0.05) is 13.3 Å². The van der Waals surface area contributed by atoms with Crippen LogP contribution in [0.2, 0.25) is 0 Å².